The highest BCUT2D eigenvalue weighted by atomic mass is 15.2. The van der Waals surface area contributed by atoms with E-state index in [1.807, 2.05) is 0 Å². The Kier molecular flexibility index (Phi) is 14.0. The zero-order valence-corrected chi connectivity index (χ0v) is 59.1. The Labute approximate surface area is 617 Å². The average molecular weight is 1350 g/mol. The Bertz CT molecular complexity index is 6540. The van der Waals surface area contributed by atoms with Crippen LogP contribution in [0.25, 0.3) is 148 Å². The molecule has 0 amide bonds. The third kappa shape index (κ3) is 9.68. The molecular formula is C102H70BN3. The predicted octanol–water partition coefficient (Wildman–Crippen LogP) is 25.9. The Morgan fingerprint density at radius 3 is 1.11 bits per heavy atom. The Morgan fingerprint density at radius 1 is 0.245 bits per heavy atom. The molecule has 496 valence electrons. The molecule has 0 aliphatic carbocycles. The molecule has 0 saturated heterocycles. The van der Waals surface area contributed by atoms with E-state index in [1.54, 1.807) is 0 Å². The van der Waals surface area contributed by atoms with Crippen molar-refractivity contribution in [3.63, 3.8) is 0 Å². The van der Waals surface area contributed by atoms with Gasteiger partial charge in [-0.1, -0.05) is 312 Å². The van der Waals surface area contributed by atoms with Gasteiger partial charge in [0.25, 0.3) is 6.71 Å². The monoisotopic (exact) mass is 1350 g/mol. The van der Waals surface area contributed by atoms with E-state index in [2.05, 4.69) is 405 Å². The summed E-state index contributed by atoms with van der Waals surface area (Å²) in [5, 5.41) is 12.7. The summed E-state index contributed by atoms with van der Waals surface area (Å²) in [4.78, 5) is 5.43. The van der Waals surface area contributed by atoms with E-state index in [0.717, 1.165) is 123 Å². The van der Waals surface area contributed by atoms with Gasteiger partial charge < -0.3 is 14.4 Å². The molecule has 4 heteroatoms. The van der Waals surface area contributed by atoms with Gasteiger partial charge in [0, 0.05) is 61.5 Å². The summed E-state index contributed by atoms with van der Waals surface area (Å²) in [6, 6.07) is 140. The molecule has 0 atom stereocenters. The molecule has 0 spiro atoms. The fourth-order valence-electron chi connectivity index (χ4n) is 17.9. The van der Waals surface area contributed by atoms with E-state index in [4.69, 9.17) is 0 Å². The van der Waals surface area contributed by atoms with Gasteiger partial charge in [0.1, 0.15) is 0 Å². The summed E-state index contributed by atoms with van der Waals surface area (Å²) in [6.45, 7) is 6.91. The molecule has 3 nitrogen and oxygen atoms in total. The zero-order chi connectivity index (χ0) is 70.3. The zero-order valence-electron chi connectivity index (χ0n) is 59.1. The first-order chi connectivity index (χ1) is 52.2. The van der Waals surface area contributed by atoms with Gasteiger partial charge >= 0.3 is 0 Å². The lowest BCUT2D eigenvalue weighted by atomic mass is 9.33. The number of fused-ring (bicyclic) bond motifs is 9. The van der Waals surface area contributed by atoms with Gasteiger partial charge in [0.15, 0.2) is 0 Å². The van der Waals surface area contributed by atoms with E-state index >= 15 is 0 Å². The number of para-hydroxylation sites is 2. The molecule has 0 bridgehead atoms. The van der Waals surface area contributed by atoms with Crippen LogP contribution in [-0.4, -0.2) is 11.3 Å². The highest BCUT2D eigenvalue weighted by molar-refractivity contribution is 7.00. The van der Waals surface area contributed by atoms with Crippen molar-refractivity contribution in [3.05, 3.63) is 376 Å². The van der Waals surface area contributed by atoms with Gasteiger partial charge in [-0.05, 0) is 205 Å². The highest BCUT2D eigenvalue weighted by Crippen LogP contribution is 2.56. The normalized spacial score (nSPS) is 12.6. The first-order valence-corrected chi connectivity index (χ1v) is 37.1. The quantitative estimate of drug-likeness (QED) is 0.0768. The van der Waals surface area contributed by atoms with Gasteiger partial charge in [-0.15, -0.1) is 0 Å². The number of aromatic nitrogens is 1. The first kappa shape index (κ1) is 61.4. The van der Waals surface area contributed by atoms with E-state index < -0.39 is 0 Å². The van der Waals surface area contributed by atoms with Crippen LogP contribution in [0, 0.1) is 0 Å². The molecule has 0 fully saturated rings. The summed E-state index contributed by atoms with van der Waals surface area (Å²) < 4.78 is 2.50. The summed E-state index contributed by atoms with van der Waals surface area (Å²) in [5.74, 6) is 0. The van der Waals surface area contributed by atoms with Crippen molar-refractivity contribution in [1.82, 2.24) is 4.57 Å². The number of hydrogen-bond donors (Lipinski definition) is 0. The molecule has 0 radical (unpaired) electrons. The van der Waals surface area contributed by atoms with Gasteiger partial charge in [-0.3, -0.25) is 0 Å². The van der Waals surface area contributed by atoms with Crippen molar-refractivity contribution in [2.24, 2.45) is 0 Å². The van der Waals surface area contributed by atoms with E-state index in [0.29, 0.717) is 0 Å². The summed E-state index contributed by atoms with van der Waals surface area (Å²) in [6.07, 6.45) is 0. The van der Waals surface area contributed by atoms with Gasteiger partial charge in [-0.2, -0.15) is 0 Å². The van der Waals surface area contributed by atoms with Crippen LogP contribution < -0.4 is 26.2 Å². The van der Waals surface area contributed by atoms with Crippen molar-refractivity contribution in [3.8, 4) is 83.6 Å². The second-order valence-electron chi connectivity index (χ2n) is 29.8. The highest BCUT2D eigenvalue weighted by Gasteiger charge is 2.46. The molecule has 3 heterocycles. The van der Waals surface area contributed by atoms with Crippen molar-refractivity contribution in [2.75, 3.05) is 9.80 Å². The van der Waals surface area contributed by atoms with Crippen LogP contribution in [0.4, 0.5) is 34.1 Å². The summed E-state index contributed by atoms with van der Waals surface area (Å²) >= 11 is 0. The van der Waals surface area contributed by atoms with E-state index in [-0.39, 0.29) is 12.1 Å². The van der Waals surface area contributed by atoms with Gasteiger partial charge in [0.05, 0.1) is 22.4 Å². The SMILES string of the molecule is CC(C)(C)c1cc2c3c(c1)N(c1c(-c4ccccc4)cc(-c4ccccc4)cc1-c1ccccc1)c1cc(-n4c5ccccc5c5ccccc54)ccc1B3c1cc(-c3cc4cccc5c6cccc7cccc(c(c3)c45)c76)ccc1N2c1c(-c2ccccc2)cc(-c2ccccc2)cc1-c1ccccc1. The Morgan fingerprint density at radius 2 is 0.642 bits per heavy atom. The number of rotatable bonds is 10. The van der Waals surface area contributed by atoms with Gasteiger partial charge in [0.2, 0.25) is 0 Å². The molecule has 1 aromatic heterocycles. The molecule has 0 saturated carbocycles. The van der Waals surface area contributed by atoms with Crippen LogP contribution >= 0.6 is 0 Å². The van der Waals surface area contributed by atoms with Crippen molar-refractivity contribution >= 4 is 122 Å². The number of benzene rings is 18. The lowest BCUT2D eigenvalue weighted by molar-refractivity contribution is 0.590. The molecule has 2 aliphatic heterocycles. The average Bonchev–Trinajstić information content (AvgIpc) is 1.50. The largest absolute Gasteiger partial charge is 0.310 e. The predicted molar refractivity (Wildman–Crippen MR) is 453 cm³/mol. The van der Waals surface area contributed by atoms with Crippen LogP contribution in [0.1, 0.15) is 26.3 Å². The lowest BCUT2D eigenvalue weighted by Gasteiger charge is -2.46. The van der Waals surface area contributed by atoms with Crippen LogP contribution in [0.5, 0.6) is 0 Å². The van der Waals surface area contributed by atoms with Gasteiger partial charge in [-0.25, -0.2) is 0 Å². The Balaban J connectivity index is 0.936. The third-order valence-electron chi connectivity index (χ3n) is 22.8. The standard InChI is InChI=1S/C102H70BN3/c1-102(2,3)77-62-95-99-96(63-77)106(101-86(69-37-18-8-19-38-69)58-76(66-31-12-5-13-32-66)59-87(101)70-39-20-9-21-40-70)94-64-78(104-91-49-24-22-44-79(91)80-45-23-25-50-92(80)104)52-53-89(94)103(99)90-61-72(74-55-73-43-28-47-82-81-46-26-41-71-42-27-48-83(97(71)81)88(60-74)98(73)82)51-54-93(90)105(95)100-84(67-33-14-6-15-34-67)56-75(65-29-10-4-11-30-65)57-85(100)68-35-16-7-17-36-68/h4-64H,1-3H3. The fraction of sp³-hybridized carbons (Fsp3) is 0.0392. The maximum absolute atomic E-state index is 2.72. The van der Waals surface area contributed by atoms with E-state index in [1.165, 1.54) is 81.4 Å². The molecule has 0 N–H and O–H groups in total. The molecular weight excluding hydrogens is 1280 g/mol. The minimum absolute atomic E-state index is 0.275. The lowest BCUT2D eigenvalue weighted by Crippen LogP contribution is -2.61. The molecule has 18 aromatic carbocycles. The fourth-order valence-corrected chi connectivity index (χ4v) is 17.9. The van der Waals surface area contributed by atoms with Crippen LogP contribution in [0.3, 0.4) is 0 Å². The smallest absolute Gasteiger partial charge is 0.252 e. The minimum Gasteiger partial charge on any atom is -0.310 e. The number of anilines is 6. The third-order valence-corrected chi connectivity index (χ3v) is 22.8. The molecule has 19 aromatic rings. The minimum atomic E-state index is -0.335. The summed E-state index contributed by atoms with van der Waals surface area (Å²) in [5.41, 5.74) is 30.8. The van der Waals surface area contributed by atoms with Crippen molar-refractivity contribution in [1.29, 1.82) is 0 Å². The Hall–Kier alpha value is -13.3. The van der Waals surface area contributed by atoms with E-state index in [9.17, 15) is 0 Å². The first-order valence-electron chi connectivity index (χ1n) is 37.1. The molecule has 21 rings (SSSR count). The number of hydrogen-bond acceptors (Lipinski definition) is 2. The number of nitrogens with zero attached hydrogens (tertiary/aromatic N) is 3. The van der Waals surface area contributed by atoms with Crippen molar-refractivity contribution < 1.29 is 0 Å². The maximum atomic E-state index is 2.72. The molecule has 2 aliphatic rings. The molecule has 0 unspecified atom stereocenters. The second kappa shape index (κ2) is 24.2. The van der Waals surface area contributed by atoms with Crippen molar-refractivity contribution in [2.45, 2.75) is 26.2 Å². The topological polar surface area (TPSA) is 11.4 Å². The van der Waals surface area contributed by atoms with Crippen LogP contribution in [-0.2, 0) is 5.41 Å². The van der Waals surface area contributed by atoms with Crippen LogP contribution in [0.15, 0.2) is 370 Å². The maximum Gasteiger partial charge on any atom is 0.252 e. The second-order valence-corrected chi connectivity index (χ2v) is 29.8. The van der Waals surface area contributed by atoms with Crippen LogP contribution in [0.2, 0.25) is 0 Å². The summed E-state index contributed by atoms with van der Waals surface area (Å²) in [7, 11) is 0. The molecule has 106 heavy (non-hydrogen) atoms.